The Morgan fingerprint density at radius 3 is 2.56 bits per heavy atom. The average molecular weight is 118 g/mol. The molecule has 0 spiro atoms. The van der Waals surface area contributed by atoms with Gasteiger partial charge in [-0.1, -0.05) is 6.07 Å². The van der Waals surface area contributed by atoms with E-state index in [0.29, 0.717) is 5.69 Å². The van der Waals surface area contributed by atoms with Crippen molar-refractivity contribution in [1.29, 1.82) is 5.26 Å². The second-order valence-electron chi connectivity index (χ2n) is 1.33. The van der Waals surface area contributed by atoms with E-state index in [2.05, 4.69) is 4.98 Å². The van der Waals surface area contributed by atoms with Gasteiger partial charge in [-0.25, -0.2) is 4.98 Å². The molecule has 0 radical (unpaired) electrons. The fraction of sp³-hybridized carbons (Fsp3) is 0. The lowest BCUT2D eigenvalue weighted by molar-refractivity contribution is 1.26. The van der Waals surface area contributed by atoms with Gasteiger partial charge < -0.3 is 0 Å². The molecular weight excluding hydrogens is 111 g/mol. The van der Waals surface area contributed by atoms with Gasteiger partial charge in [-0.3, -0.25) is 0 Å². The van der Waals surface area contributed by atoms with Gasteiger partial charge in [0.1, 0.15) is 11.8 Å². The Kier molecular flexibility index (Phi) is 3.15. The van der Waals surface area contributed by atoms with Crippen molar-refractivity contribution in [2.45, 2.75) is 0 Å². The SMILES string of the molecule is B.N#Cc1ccccn1. The van der Waals surface area contributed by atoms with Gasteiger partial charge in [-0.15, -0.1) is 0 Å². The highest BCUT2D eigenvalue weighted by molar-refractivity contribution is 5.75. The molecule has 44 valence electrons. The predicted octanol–water partition coefficient (Wildman–Crippen LogP) is -0.231. The summed E-state index contributed by atoms with van der Waals surface area (Å²) in [6, 6.07) is 7.14. The fourth-order valence-electron chi connectivity index (χ4n) is 0.429. The lowest BCUT2D eigenvalue weighted by Gasteiger charge is -1.79. The van der Waals surface area contributed by atoms with Crippen LogP contribution in [0.15, 0.2) is 24.4 Å². The Balaban J connectivity index is 0.000000640. The zero-order valence-electron chi connectivity index (χ0n) is 4.20. The molecule has 1 rings (SSSR count). The van der Waals surface area contributed by atoms with Crippen molar-refractivity contribution in [3.05, 3.63) is 30.1 Å². The lowest BCUT2D eigenvalue weighted by atomic mass is 10.4. The normalized spacial score (nSPS) is 7.00. The third-order valence-electron chi connectivity index (χ3n) is 0.779. The van der Waals surface area contributed by atoms with E-state index in [4.69, 9.17) is 5.26 Å². The maximum atomic E-state index is 8.23. The van der Waals surface area contributed by atoms with Crippen LogP contribution in [-0.2, 0) is 0 Å². The van der Waals surface area contributed by atoms with Gasteiger partial charge in [0.15, 0.2) is 0 Å². The van der Waals surface area contributed by atoms with Gasteiger partial charge in [-0.2, -0.15) is 5.26 Å². The second-order valence-corrected chi connectivity index (χ2v) is 1.33. The number of aromatic nitrogens is 1. The monoisotopic (exact) mass is 118 g/mol. The summed E-state index contributed by atoms with van der Waals surface area (Å²) in [7, 11) is 0. The van der Waals surface area contributed by atoms with Crippen molar-refractivity contribution in [3.63, 3.8) is 0 Å². The summed E-state index contributed by atoms with van der Waals surface area (Å²) in [6.45, 7) is 0. The van der Waals surface area contributed by atoms with Crippen LogP contribution in [0, 0.1) is 11.3 Å². The predicted molar refractivity (Wildman–Crippen MR) is 38.9 cm³/mol. The summed E-state index contributed by atoms with van der Waals surface area (Å²) in [5.74, 6) is 0. The van der Waals surface area contributed by atoms with E-state index in [1.54, 1.807) is 24.4 Å². The fourth-order valence-corrected chi connectivity index (χ4v) is 0.429. The minimum Gasteiger partial charge on any atom is -0.246 e. The molecule has 0 aliphatic heterocycles. The smallest absolute Gasteiger partial charge is 0.140 e. The Bertz CT molecular complexity index is 202. The molecule has 0 saturated heterocycles. The van der Waals surface area contributed by atoms with E-state index < -0.39 is 0 Å². The van der Waals surface area contributed by atoms with E-state index in [-0.39, 0.29) is 8.41 Å². The second kappa shape index (κ2) is 3.68. The molecule has 0 atom stereocenters. The van der Waals surface area contributed by atoms with Crippen LogP contribution in [0.2, 0.25) is 0 Å². The molecule has 0 saturated carbocycles. The Labute approximate surface area is 55.7 Å². The highest BCUT2D eigenvalue weighted by atomic mass is 14.7. The standard InChI is InChI=1S/C6H4N2.BH3/c7-5-6-3-1-2-4-8-6;/h1-4H;1H3. The molecule has 2 nitrogen and oxygen atoms in total. The molecule has 0 aliphatic rings. The molecule has 0 unspecified atom stereocenters. The average Bonchev–Trinajstić information content (AvgIpc) is 1.90. The van der Waals surface area contributed by atoms with E-state index in [9.17, 15) is 0 Å². The summed E-state index contributed by atoms with van der Waals surface area (Å²) >= 11 is 0. The maximum absolute atomic E-state index is 8.23. The van der Waals surface area contributed by atoms with Gasteiger partial charge in [0.25, 0.3) is 0 Å². The Hall–Kier alpha value is -1.30. The van der Waals surface area contributed by atoms with Crippen LogP contribution in [0.1, 0.15) is 5.69 Å². The molecule has 0 fully saturated rings. The van der Waals surface area contributed by atoms with E-state index >= 15 is 0 Å². The highest BCUT2D eigenvalue weighted by Crippen LogP contribution is 1.86. The van der Waals surface area contributed by atoms with Gasteiger partial charge in [0.05, 0.1) is 8.41 Å². The van der Waals surface area contributed by atoms with E-state index in [0.717, 1.165) is 0 Å². The largest absolute Gasteiger partial charge is 0.246 e. The summed E-state index contributed by atoms with van der Waals surface area (Å²) in [4.78, 5) is 3.74. The molecule has 0 bridgehead atoms. The quantitative estimate of drug-likeness (QED) is 0.441. The minimum absolute atomic E-state index is 0. The molecular formula is C6H7BN2. The lowest BCUT2D eigenvalue weighted by Crippen LogP contribution is -1.75. The Morgan fingerprint density at radius 1 is 1.44 bits per heavy atom. The van der Waals surface area contributed by atoms with Crippen molar-refractivity contribution >= 4 is 8.41 Å². The summed E-state index contributed by atoms with van der Waals surface area (Å²) in [5.41, 5.74) is 0.465. The summed E-state index contributed by atoms with van der Waals surface area (Å²) < 4.78 is 0. The van der Waals surface area contributed by atoms with Crippen LogP contribution in [0.25, 0.3) is 0 Å². The molecule has 0 amide bonds. The van der Waals surface area contributed by atoms with Crippen molar-refractivity contribution in [2.75, 3.05) is 0 Å². The number of pyridine rings is 1. The van der Waals surface area contributed by atoms with Crippen molar-refractivity contribution in [2.24, 2.45) is 0 Å². The van der Waals surface area contributed by atoms with Crippen LogP contribution in [0.4, 0.5) is 0 Å². The maximum Gasteiger partial charge on any atom is 0.140 e. The van der Waals surface area contributed by atoms with E-state index in [1.807, 2.05) is 6.07 Å². The van der Waals surface area contributed by atoms with Gasteiger partial charge in [0.2, 0.25) is 0 Å². The third-order valence-corrected chi connectivity index (χ3v) is 0.779. The van der Waals surface area contributed by atoms with Crippen LogP contribution >= 0.6 is 0 Å². The number of rotatable bonds is 0. The van der Waals surface area contributed by atoms with Crippen molar-refractivity contribution in [3.8, 4) is 6.07 Å². The molecule has 0 aromatic carbocycles. The third kappa shape index (κ3) is 1.96. The summed E-state index contributed by atoms with van der Waals surface area (Å²) in [5, 5.41) is 8.23. The number of nitriles is 1. The number of hydrogen-bond donors (Lipinski definition) is 0. The van der Waals surface area contributed by atoms with Crippen molar-refractivity contribution in [1.82, 2.24) is 4.98 Å². The molecule has 9 heavy (non-hydrogen) atoms. The first-order valence-electron chi connectivity index (χ1n) is 2.24. The van der Waals surface area contributed by atoms with Crippen LogP contribution < -0.4 is 0 Å². The van der Waals surface area contributed by atoms with Crippen LogP contribution in [-0.4, -0.2) is 13.4 Å². The van der Waals surface area contributed by atoms with E-state index in [1.165, 1.54) is 0 Å². The topological polar surface area (TPSA) is 36.7 Å². The molecule has 0 N–H and O–H groups in total. The molecule has 3 heteroatoms. The van der Waals surface area contributed by atoms with Crippen molar-refractivity contribution < 1.29 is 0 Å². The van der Waals surface area contributed by atoms with Gasteiger partial charge >= 0.3 is 0 Å². The zero-order chi connectivity index (χ0) is 5.82. The minimum atomic E-state index is 0. The molecule has 1 aromatic rings. The Morgan fingerprint density at radius 2 is 2.22 bits per heavy atom. The molecule has 1 aromatic heterocycles. The first-order valence-corrected chi connectivity index (χ1v) is 2.24. The van der Waals surface area contributed by atoms with Gasteiger partial charge in [0, 0.05) is 6.20 Å². The first-order chi connectivity index (χ1) is 3.93. The first kappa shape index (κ1) is 7.70. The molecule has 0 aliphatic carbocycles. The zero-order valence-corrected chi connectivity index (χ0v) is 4.20. The summed E-state index contributed by atoms with van der Waals surface area (Å²) in [6.07, 6.45) is 1.60. The van der Waals surface area contributed by atoms with Gasteiger partial charge in [-0.05, 0) is 12.1 Å². The van der Waals surface area contributed by atoms with Crippen LogP contribution in [0.5, 0.6) is 0 Å². The number of hydrogen-bond acceptors (Lipinski definition) is 2. The van der Waals surface area contributed by atoms with Crippen LogP contribution in [0.3, 0.4) is 0 Å². The number of nitrogens with zero attached hydrogens (tertiary/aromatic N) is 2. The highest BCUT2D eigenvalue weighted by Gasteiger charge is 1.81. The molecule has 1 heterocycles.